The van der Waals surface area contributed by atoms with Gasteiger partial charge in [0.05, 0.1) is 12.7 Å². The number of nitrogens with two attached hydrogens (primary N) is 1. The van der Waals surface area contributed by atoms with Crippen LogP contribution in [0.3, 0.4) is 0 Å². The van der Waals surface area contributed by atoms with Gasteiger partial charge in [0.1, 0.15) is 6.26 Å². The molecule has 22 heavy (non-hydrogen) atoms. The van der Waals surface area contributed by atoms with Crippen LogP contribution in [0.2, 0.25) is 0 Å². The number of ether oxygens (including phenoxy) is 1. The standard InChI is InChI=1S/C17H20N2O3/c1-21-13-5-2-4-11-12(9-22-15(11)13)16(20)19-8-14(18)17(10-19)6-3-7-17/h2,4-5,9,14H,3,6-8,10,18H2,1H3. The lowest BCUT2D eigenvalue weighted by molar-refractivity contribution is 0.0727. The number of likely N-dealkylation sites (tertiary alicyclic amines) is 1. The van der Waals surface area contributed by atoms with Crippen LogP contribution < -0.4 is 10.5 Å². The molecule has 0 radical (unpaired) electrons. The monoisotopic (exact) mass is 300 g/mol. The Balaban J connectivity index is 1.66. The van der Waals surface area contributed by atoms with Gasteiger partial charge in [-0.3, -0.25) is 4.79 Å². The van der Waals surface area contributed by atoms with Crippen LogP contribution in [-0.4, -0.2) is 37.0 Å². The third-order valence-corrected chi connectivity index (χ3v) is 5.36. The lowest BCUT2D eigenvalue weighted by Crippen LogP contribution is -2.45. The Hall–Kier alpha value is -2.01. The molecule has 5 nitrogen and oxygen atoms in total. The molecule has 116 valence electrons. The molecule has 1 spiro atoms. The highest BCUT2D eigenvalue weighted by atomic mass is 16.5. The summed E-state index contributed by atoms with van der Waals surface area (Å²) in [6.07, 6.45) is 5.03. The van der Waals surface area contributed by atoms with Gasteiger partial charge in [0.15, 0.2) is 11.3 Å². The fourth-order valence-corrected chi connectivity index (χ4v) is 3.84. The number of hydrogen-bond donors (Lipinski definition) is 1. The highest BCUT2D eigenvalue weighted by molar-refractivity contribution is 6.07. The molecule has 1 atom stereocenters. The molecule has 1 aromatic heterocycles. The lowest BCUT2D eigenvalue weighted by Gasteiger charge is -2.41. The second kappa shape index (κ2) is 4.74. The van der Waals surface area contributed by atoms with Gasteiger partial charge in [0, 0.05) is 29.9 Å². The number of amides is 1. The Bertz CT molecular complexity index is 733. The maximum Gasteiger partial charge on any atom is 0.257 e. The molecule has 4 rings (SSSR count). The van der Waals surface area contributed by atoms with Crippen molar-refractivity contribution in [3.8, 4) is 5.75 Å². The summed E-state index contributed by atoms with van der Waals surface area (Å²) in [6.45, 7) is 1.40. The molecule has 1 aromatic carbocycles. The number of methoxy groups -OCH3 is 1. The number of nitrogens with zero attached hydrogens (tertiary/aromatic N) is 1. The maximum absolute atomic E-state index is 12.9. The van der Waals surface area contributed by atoms with E-state index in [2.05, 4.69) is 0 Å². The number of rotatable bonds is 2. The molecule has 2 aromatic rings. The number of para-hydroxylation sites is 1. The number of benzene rings is 1. The van der Waals surface area contributed by atoms with Crippen molar-refractivity contribution in [1.29, 1.82) is 0 Å². The molecule has 1 amide bonds. The van der Waals surface area contributed by atoms with Gasteiger partial charge in [-0.25, -0.2) is 0 Å². The Morgan fingerprint density at radius 1 is 1.45 bits per heavy atom. The van der Waals surface area contributed by atoms with Crippen LogP contribution in [0.1, 0.15) is 29.6 Å². The Morgan fingerprint density at radius 2 is 2.27 bits per heavy atom. The van der Waals surface area contributed by atoms with E-state index in [1.807, 2.05) is 23.1 Å². The summed E-state index contributed by atoms with van der Waals surface area (Å²) >= 11 is 0. The smallest absolute Gasteiger partial charge is 0.257 e. The zero-order valence-electron chi connectivity index (χ0n) is 12.7. The lowest BCUT2D eigenvalue weighted by atomic mass is 9.66. The van der Waals surface area contributed by atoms with Crippen LogP contribution in [0, 0.1) is 5.41 Å². The predicted molar refractivity (Wildman–Crippen MR) is 82.9 cm³/mol. The summed E-state index contributed by atoms with van der Waals surface area (Å²) in [5, 5.41) is 0.799. The van der Waals surface area contributed by atoms with E-state index in [-0.39, 0.29) is 17.4 Å². The zero-order valence-corrected chi connectivity index (χ0v) is 12.7. The van der Waals surface area contributed by atoms with Gasteiger partial charge in [0.2, 0.25) is 0 Å². The second-order valence-electron chi connectivity index (χ2n) is 6.49. The molecule has 5 heteroatoms. The highest BCUT2D eigenvalue weighted by Gasteiger charge is 2.50. The first-order valence-corrected chi connectivity index (χ1v) is 7.74. The van der Waals surface area contributed by atoms with Crippen LogP contribution in [0.4, 0.5) is 0 Å². The number of carbonyl (C=O) groups excluding carboxylic acids is 1. The molecule has 1 aliphatic carbocycles. The van der Waals surface area contributed by atoms with E-state index in [0.717, 1.165) is 24.8 Å². The van der Waals surface area contributed by atoms with Gasteiger partial charge >= 0.3 is 0 Å². The number of carbonyl (C=O) groups is 1. The molecule has 1 saturated heterocycles. The van der Waals surface area contributed by atoms with Crippen molar-refractivity contribution < 1.29 is 13.9 Å². The van der Waals surface area contributed by atoms with Crippen LogP contribution in [-0.2, 0) is 0 Å². The Morgan fingerprint density at radius 3 is 2.91 bits per heavy atom. The summed E-state index contributed by atoms with van der Waals surface area (Å²) in [5.74, 6) is 0.649. The summed E-state index contributed by atoms with van der Waals surface area (Å²) in [7, 11) is 1.60. The van der Waals surface area contributed by atoms with Crippen LogP contribution in [0.25, 0.3) is 11.0 Å². The van der Waals surface area contributed by atoms with Gasteiger partial charge in [-0.05, 0) is 18.9 Å². The van der Waals surface area contributed by atoms with Gasteiger partial charge in [-0.2, -0.15) is 0 Å². The first kappa shape index (κ1) is 13.6. The van der Waals surface area contributed by atoms with Crippen molar-refractivity contribution in [3.63, 3.8) is 0 Å². The van der Waals surface area contributed by atoms with E-state index in [0.29, 0.717) is 23.4 Å². The number of hydrogen-bond acceptors (Lipinski definition) is 4. The van der Waals surface area contributed by atoms with Crippen molar-refractivity contribution in [2.45, 2.75) is 25.3 Å². The van der Waals surface area contributed by atoms with Crippen LogP contribution in [0.15, 0.2) is 28.9 Å². The topological polar surface area (TPSA) is 68.7 Å². The van der Waals surface area contributed by atoms with Crippen molar-refractivity contribution in [3.05, 3.63) is 30.0 Å². The number of fused-ring (bicyclic) bond motifs is 1. The average molecular weight is 300 g/mol. The minimum absolute atomic E-state index is 0.00577. The van der Waals surface area contributed by atoms with Crippen molar-refractivity contribution in [1.82, 2.24) is 4.90 Å². The molecule has 2 aliphatic rings. The van der Waals surface area contributed by atoms with E-state index >= 15 is 0 Å². The van der Waals surface area contributed by atoms with Gasteiger partial charge in [-0.1, -0.05) is 18.6 Å². The average Bonchev–Trinajstić information content (AvgIpc) is 3.06. The van der Waals surface area contributed by atoms with Crippen molar-refractivity contribution >= 4 is 16.9 Å². The van der Waals surface area contributed by atoms with Crippen LogP contribution in [0.5, 0.6) is 5.75 Å². The molecule has 2 fully saturated rings. The van der Waals surface area contributed by atoms with Crippen molar-refractivity contribution in [2.24, 2.45) is 11.1 Å². The van der Waals surface area contributed by atoms with Gasteiger partial charge in [-0.15, -0.1) is 0 Å². The van der Waals surface area contributed by atoms with Crippen LogP contribution >= 0.6 is 0 Å². The molecular formula is C17H20N2O3. The molecule has 0 bridgehead atoms. The minimum Gasteiger partial charge on any atom is -0.493 e. The first-order valence-electron chi connectivity index (χ1n) is 7.74. The largest absolute Gasteiger partial charge is 0.493 e. The summed E-state index contributed by atoms with van der Waals surface area (Å²) in [5.41, 5.74) is 7.65. The van der Waals surface area contributed by atoms with Gasteiger partial charge in [0.25, 0.3) is 5.91 Å². The molecule has 1 saturated carbocycles. The molecule has 2 N–H and O–H groups in total. The minimum atomic E-state index is 0.00577. The molecule has 1 aliphatic heterocycles. The fourth-order valence-electron chi connectivity index (χ4n) is 3.84. The molecule has 2 heterocycles. The predicted octanol–water partition coefficient (Wildman–Crippen LogP) is 2.39. The maximum atomic E-state index is 12.9. The first-order chi connectivity index (χ1) is 10.6. The summed E-state index contributed by atoms with van der Waals surface area (Å²) in [4.78, 5) is 14.7. The molecule has 1 unspecified atom stereocenters. The zero-order chi connectivity index (χ0) is 15.3. The normalized spacial score (nSPS) is 23.0. The third-order valence-electron chi connectivity index (χ3n) is 5.36. The summed E-state index contributed by atoms with van der Waals surface area (Å²) < 4.78 is 10.9. The second-order valence-corrected chi connectivity index (χ2v) is 6.49. The molecular weight excluding hydrogens is 280 g/mol. The van der Waals surface area contributed by atoms with Crippen molar-refractivity contribution in [2.75, 3.05) is 20.2 Å². The summed E-state index contributed by atoms with van der Waals surface area (Å²) in [6, 6.07) is 5.69. The van der Waals surface area contributed by atoms with E-state index < -0.39 is 0 Å². The SMILES string of the molecule is COc1cccc2c(C(=O)N3CC(N)C4(CCC4)C3)coc12. The number of furan rings is 1. The fraction of sp³-hybridized carbons (Fsp3) is 0.471. The van der Waals surface area contributed by atoms with E-state index in [1.165, 1.54) is 12.7 Å². The quantitative estimate of drug-likeness (QED) is 0.924. The van der Waals surface area contributed by atoms with E-state index in [9.17, 15) is 4.79 Å². The van der Waals surface area contributed by atoms with E-state index in [1.54, 1.807) is 7.11 Å². The third kappa shape index (κ3) is 1.78. The van der Waals surface area contributed by atoms with E-state index in [4.69, 9.17) is 14.9 Å². The van der Waals surface area contributed by atoms with Gasteiger partial charge < -0.3 is 19.8 Å². The highest BCUT2D eigenvalue weighted by Crippen LogP contribution is 2.47. The Labute approximate surface area is 129 Å². The Kier molecular flexibility index (Phi) is 2.94.